The van der Waals surface area contributed by atoms with Gasteiger partial charge in [0.25, 0.3) is 0 Å². The lowest BCUT2D eigenvalue weighted by atomic mass is 9.91. The normalized spacial score (nSPS) is 10.5. The van der Waals surface area contributed by atoms with Crippen molar-refractivity contribution < 1.29 is 4.79 Å². The number of carbonyl (C=O) groups is 1. The predicted octanol–water partition coefficient (Wildman–Crippen LogP) is 3.68. The standard InChI is InChI=1S/C17H19NO/c1-4-14-15(10-11(2)12(3)16(14)18)17(19)13-8-6-5-7-9-13/h5-10H,4,18H2,1-3H3. The highest BCUT2D eigenvalue weighted by atomic mass is 16.1. The summed E-state index contributed by atoms with van der Waals surface area (Å²) in [6.07, 6.45) is 0.765. The van der Waals surface area contributed by atoms with Gasteiger partial charge in [-0.25, -0.2) is 0 Å². The van der Waals surface area contributed by atoms with Crippen LogP contribution in [-0.2, 0) is 6.42 Å². The van der Waals surface area contributed by atoms with Crippen molar-refractivity contribution in [2.75, 3.05) is 5.73 Å². The predicted molar refractivity (Wildman–Crippen MR) is 79.6 cm³/mol. The van der Waals surface area contributed by atoms with Crippen molar-refractivity contribution in [1.82, 2.24) is 0 Å². The Bertz CT molecular complexity index is 615. The van der Waals surface area contributed by atoms with Crippen LogP contribution in [-0.4, -0.2) is 5.78 Å². The molecule has 0 aromatic heterocycles. The lowest BCUT2D eigenvalue weighted by molar-refractivity contribution is 0.103. The largest absolute Gasteiger partial charge is 0.398 e. The van der Waals surface area contributed by atoms with Crippen molar-refractivity contribution in [3.8, 4) is 0 Å². The average molecular weight is 253 g/mol. The number of hydrogen-bond acceptors (Lipinski definition) is 2. The van der Waals surface area contributed by atoms with Crippen LogP contribution < -0.4 is 5.73 Å². The number of ketones is 1. The Labute approximate surface area is 114 Å². The summed E-state index contributed by atoms with van der Waals surface area (Å²) >= 11 is 0. The second-order valence-electron chi connectivity index (χ2n) is 4.81. The number of aryl methyl sites for hydroxylation is 1. The molecule has 2 heteroatoms. The first kappa shape index (κ1) is 13.3. The minimum absolute atomic E-state index is 0.0484. The molecule has 2 nitrogen and oxygen atoms in total. The van der Waals surface area contributed by atoms with Gasteiger partial charge in [-0.15, -0.1) is 0 Å². The van der Waals surface area contributed by atoms with Gasteiger partial charge in [0.15, 0.2) is 5.78 Å². The molecule has 0 spiro atoms. The summed E-state index contributed by atoms with van der Waals surface area (Å²) in [5.74, 6) is 0.0484. The van der Waals surface area contributed by atoms with Gasteiger partial charge in [0, 0.05) is 16.8 Å². The quantitative estimate of drug-likeness (QED) is 0.669. The fourth-order valence-corrected chi connectivity index (χ4v) is 2.32. The molecule has 98 valence electrons. The third kappa shape index (κ3) is 2.39. The van der Waals surface area contributed by atoms with Crippen LogP contribution >= 0.6 is 0 Å². The van der Waals surface area contributed by atoms with Gasteiger partial charge in [-0.05, 0) is 43.0 Å². The molecule has 0 aliphatic heterocycles. The van der Waals surface area contributed by atoms with Gasteiger partial charge in [-0.3, -0.25) is 4.79 Å². The zero-order valence-corrected chi connectivity index (χ0v) is 11.7. The minimum Gasteiger partial charge on any atom is -0.398 e. The highest BCUT2D eigenvalue weighted by Gasteiger charge is 2.17. The number of rotatable bonds is 3. The summed E-state index contributed by atoms with van der Waals surface area (Å²) < 4.78 is 0. The van der Waals surface area contributed by atoms with Crippen LogP contribution in [0.4, 0.5) is 5.69 Å². The van der Waals surface area contributed by atoms with E-state index in [0.717, 1.165) is 34.4 Å². The Morgan fingerprint density at radius 1 is 1.16 bits per heavy atom. The molecule has 0 atom stereocenters. The second kappa shape index (κ2) is 5.27. The summed E-state index contributed by atoms with van der Waals surface area (Å²) in [5.41, 5.74) is 11.4. The molecular weight excluding hydrogens is 234 g/mol. The van der Waals surface area contributed by atoms with Gasteiger partial charge in [-0.2, -0.15) is 0 Å². The Balaban J connectivity index is 2.60. The maximum absolute atomic E-state index is 12.6. The van der Waals surface area contributed by atoms with Crippen molar-refractivity contribution in [2.24, 2.45) is 0 Å². The van der Waals surface area contributed by atoms with Crippen LogP contribution in [0.2, 0.25) is 0 Å². The first-order valence-electron chi connectivity index (χ1n) is 6.54. The van der Waals surface area contributed by atoms with Gasteiger partial charge in [0.05, 0.1) is 0 Å². The lowest BCUT2D eigenvalue weighted by Gasteiger charge is -2.15. The number of benzene rings is 2. The zero-order chi connectivity index (χ0) is 14.0. The molecule has 2 aromatic carbocycles. The summed E-state index contributed by atoms with van der Waals surface area (Å²) in [5, 5.41) is 0. The van der Waals surface area contributed by atoms with Crippen LogP contribution in [0, 0.1) is 13.8 Å². The van der Waals surface area contributed by atoms with Crippen LogP contribution in [0.25, 0.3) is 0 Å². The molecule has 0 saturated heterocycles. The first-order valence-corrected chi connectivity index (χ1v) is 6.54. The molecule has 19 heavy (non-hydrogen) atoms. The van der Waals surface area contributed by atoms with Gasteiger partial charge < -0.3 is 5.73 Å². The second-order valence-corrected chi connectivity index (χ2v) is 4.81. The van der Waals surface area contributed by atoms with Gasteiger partial charge in [-0.1, -0.05) is 37.3 Å². The monoisotopic (exact) mass is 253 g/mol. The number of hydrogen-bond donors (Lipinski definition) is 1. The average Bonchev–Trinajstić information content (AvgIpc) is 2.44. The van der Waals surface area contributed by atoms with E-state index in [9.17, 15) is 4.79 Å². The van der Waals surface area contributed by atoms with E-state index in [1.807, 2.05) is 57.2 Å². The van der Waals surface area contributed by atoms with Crippen LogP contribution in [0.5, 0.6) is 0 Å². The third-order valence-corrected chi connectivity index (χ3v) is 3.64. The summed E-state index contributed by atoms with van der Waals surface area (Å²) in [4.78, 5) is 12.6. The molecule has 0 amide bonds. The first-order chi connectivity index (χ1) is 9.06. The molecule has 0 unspecified atom stereocenters. The third-order valence-electron chi connectivity index (χ3n) is 3.64. The van der Waals surface area contributed by atoms with E-state index >= 15 is 0 Å². The number of nitrogen functional groups attached to an aromatic ring is 1. The molecule has 0 aliphatic carbocycles. The molecule has 0 heterocycles. The molecule has 0 bridgehead atoms. The zero-order valence-electron chi connectivity index (χ0n) is 11.7. The maximum Gasteiger partial charge on any atom is 0.193 e. The highest BCUT2D eigenvalue weighted by Crippen LogP contribution is 2.27. The number of nitrogens with two attached hydrogens (primary N) is 1. The van der Waals surface area contributed by atoms with Crippen molar-refractivity contribution in [2.45, 2.75) is 27.2 Å². The van der Waals surface area contributed by atoms with Crippen LogP contribution in [0.15, 0.2) is 36.4 Å². The van der Waals surface area contributed by atoms with E-state index in [-0.39, 0.29) is 5.78 Å². The van der Waals surface area contributed by atoms with E-state index < -0.39 is 0 Å². The van der Waals surface area contributed by atoms with Gasteiger partial charge >= 0.3 is 0 Å². The van der Waals surface area contributed by atoms with Crippen molar-refractivity contribution >= 4 is 11.5 Å². The molecule has 2 N–H and O–H groups in total. The molecule has 0 fully saturated rings. The Hall–Kier alpha value is -2.09. The topological polar surface area (TPSA) is 43.1 Å². The van der Waals surface area contributed by atoms with Crippen LogP contribution in [0.3, 0.4) is 0 Å². The number of carbonyl (C=O) groups excluding carboxylic acids is 1. The molecule has 2 aromatic rings. The lowest BCUT2D eigenvalue weighted by Crippen LogP contribution is -2.10. The molecule has 2 rings (SSSR count). The fraction of sp³-hybridized carbons (Fsp3) is 0.235. The smallest absolute Gasteiger partial charge is 0.193 e. The van der Waals surface area contributed by atoms with E-state index in [4.69, 9.17) is 5.73 Å². The van der Waals surface area contributed by atoms with Crippen molar-refractivity contribution in [3.63, 3.8) is 0 Å². The van der Waals surface area contributed by atoms with Crippen LogP contribution in [0.1, 0.15) is 39.5 Å². The molecular formula is C17H19NO. The van der Waals surface area contributed by atoms with E-state index in [2.05, 4.69) is 0 Å². The molecule has 0 radical (unpaired) electrons. The number of anilines is 1. The fourth-order valence-electron chi connectivity index (χ4n) is 2.32. The summed E-state index contributed by atoms with van der Waals surface area (Å²) in [6, 6.07) is 11.3. The molecule has 0 aliphatic rings. The van der Waals surface area contributed by atoms with E-state index in [1.165, 1.54) is 0 Å². The Morgan fingerprint density at radius 3 is 2.37 bits per heavy atom. The van der Waals surface area contributed by atoms with Gasteiger partial charge in [0.2, 0.25) is 0 Å². The summed E-state index contributed by atoms with van der Waals surface area (Å²) in [7, 11) is 0. The Morgan fingerprint density at radius 2 is 1.79 bits per heavy atom. The minimum atomic E-state index is 0.0484. The van der Waals surface area contributed by atoms with Crippen molar-refractivity contribution in [1.29, 1.82) is 0 Å². The molecule has 0 saturated carbocycles. The van der Waals surface area contributed by atoms with Gasteiger partial charge in [0.1, 0.15) is 0 Å². The van der Waals surface area contributed by atoms with E-state index in [0.29, 0.717) is 5.56 Å². The maximum atomic E-state index is 12.6. The van der Waals surface area contributed by atoms with Crippen molar-refractivity contribution in [3.05, 3.63) is 64.2 Å². The summed E-state index contributed by atoms with van der Waals surface area (Å²) in [6.45, 7) is 6.02. The Kier molecular flexibility index (Phi) is 3.70. The SMILES string of the molecule is CCc1c(C(=O)c2ccccc2)cc(C)c(C)c1N. The highest BCUT2D eigenvalue weighted by molar-refractivity contribution is 6.10. The van der Waals surface area contributed by atoms with E-state index in [1.54, 1.807) is 0 Å².